The number of anilines is 6. The van der Waals surface area contributed by atoms with Crippen molar-refractivity contribution in [2.24, 2.45) is 0 Å². The van der Waals surface area contributed by atoms with Crippen molar-refractivity contribution in [3.8, 4) is 0 Å². The third kappa shape index (κ3) is 6.80. The van der Waals surface area contributed by atoms with Gasteiger partial charge in [0, 0.05) is 39.5 Å². The predicted molar refractivity (Wildman–Crippen MR) is 224 cm³/mol. The van der Waals surface area contributed by atoms with Crippen LogP contribution >= 0.6 is 0 Å². The van der Waals surface area contributed by atoms with Crippen molar-refractivity contribution in [1.82, 2.24) is 0 Å². The van der Waals surface area contributed by atoms with E-state index in [1.54, 1.807) is 0 Å². The van der Waals surface area contributed by atoms with Gasteiger partial charge in [-0.15, -0.1) is 0 Å². The monoisotopic (exact) mass is 682 g/mol. The average molecular weight is 683 g/mol. The first-order valence-electron chi connectivity index (χ1n) is 19.1. The van der Waals surface area contributed by atoms with E-state index in [0.29, 0.717) is 0 Å². The van der Waals surface area contributed by atoms with Crippen LogP contribution in [0.15, 0.2) is 121 Å². The van der Waals surface area contributed by atoms with E-state index in [0.717, 1.165) is 0 Å². The molecule has 2 heteroatoms. The van der Waals surface area contributed by atoms with Crippen molar-refractivity contribution in [2.45, 2.75) is 92.9 Å². The van der Waals surface area contributed by atoms with Gasteiger partial charge in [-0.3, -0.25) is 0 Å². The number of nitrogens with zero attached hydrogens (tertiary/aromatic N) is 2. The van der Waals surface area contributed by atoms with E-state index in [2.05, 4.69) is 187 Å². The Kier molecular flexibility index (Phi) is 9.86. The molecule has 0 radical (unpaired) electrons. The molecule has 0 aromatic heterocycles. The number of aryl methyl sites for hydroxylation is 8. The van der Waals surface area contributed by atoms with E-state index in [1.807, 2.05) is 0 Å². The molecule has 2 nitrogen and oxygen atoms in total. The van der Waals surface area contributed by atoms with E-state index >= 15 is 0 Å². The average Bonchev–Trinajstić information content (AvgIpc) is 3.12. The second-order valence-electron chi connectivity index (χ2n) is 15.6. The molecule has 0 amide bonds. The summed E-state index contributed by atoms with van der Waals surface area (Å²) in [5.74, 6) is 0. The van der Waals surface area contributed by atoms with Gasteiger partial charge in [-0.05, 0) is 150 Å². The van der Waals surface area contributed by atoms with Gasteiger partial charge in [0.2, 0.25) is 0 Å². The smallest absolute Gasteiger partial charge is 0.0491 e. The maximum atomic E-state index is 2.45. The minimum atomic E-state index is -0.00985. The molecule has 0 saturated heterocycles. The zero-order valence-corrected chi connectivity index (χ0v) is 32.5. The van der Waals surface area contributed by atoms with E-state index < -0.39 is 0 Å². The van der Waals surface area contributed by atoms with E-state index in [1.165, 1.54) is 122 Å². The van der Waals surface area contributed by atoms with E-state index in [4.69, 9.17) is 0 Å². The summed E-state index contributed by atoms with van der Waals surface area (Å²) in [5.41, 5.74) is 20.4. The van der Waals surface area contributed by atoms with Gasteiger partial charge in [0.15, 0.2) is 0 Å². The quantitative estimate of drug-likeness (QED) is 0.158. The van der Waals surface area contributed by atoms with Crippen molar-refractivity contribution < 1.29 is 0 Å². The first kappa shape index (κ1) is 35.3. The Bertz CT molecular complexity index is 1940. The lowest BCUT2D eigenvalue weighted by Crippen LogP contribution is -2.30. The lowest BCUT2D eigenvalue weighted by molar-refractivity contribution is 0.346. The summed E-state index contributed by atoms with van der Waals surface area (Å²) in [5, 5.41) is 0. The molecular formula is C50H54N2. The number of hydrogen-bond donors (Lipinski definition) is 0. The van der Waals surface area contributed by atoms with Crippen LogP contribution in [0.25, 0.3) is 0 Å². The normalized spacial score (nSPS) is 13.9. The van der Waals surface area contributed by atoms with Gasteiger partial charge in [-0.1, -0.05) is 114 Å². The fourth-order valence-corrected chi connectivity index (χ4v) is 8.80. The van der Waals surface area contributed by atoms with Crippen LogP contribution in [0.1, 0.15) is 87.7 Å². The molecule has 6 aromatic rings. The zero-order valence-electron chi connectivity index (χ0n) is 32.5. The summed E-state index contributed by atoms with van der Waals surface area (Å²) in [6.45, 7) is 17.6. The van der Waals surface area contributed by atoms with Crippen molar-refractivity contribution in [1.29, 1.82) is 0 Å². The fourth-order valence-electron chi connectivity index (χ4n) is 8.80. The second kappa shape index (κ2) is 14.5. The SMILES string of the molecule is Cc1ccc(N(c2ccc(C3(c4ccc(N(c5ccc(C)cc5C)c5ccc(C)cc5C)cc4)CCCCC3)cc2)c2ccc(C)cc2C)c(C)c1. The highest BCUT2D eigenvalue weighted by atomic mass is 15.2. The lowest BCUT2D eigenvalue weighted by Gasteiger charge is -2.39. The predicted octanol–water partition coefficient (Wildman–Crippen LogP) is 14.3. The third-order valence-corrected chi connectivity index (χ3v) is 11.4. The van der Waals surface area contributed by atoms with Gasteiger partial charge in [0.05, 0.1) is 0 Å². The molecule has 1 saturated carbocycles. The molecule has 7 rings (SSSR count). The van der Waals surface area contributed by atoms with Crippen LogP contribution in [0.2, 0.25) is 0 Å². The Balaban J connectivity index is 1.29. The molecule has 0 atom stereocenters. The van der Waals surface area contributed by atoms with Crippen molar-refractivity contribution in [3.63, 3.8) is 0 Å². The Hall–Kier alpha value is -5.08. The molecule has 0 aliphatic heterocycles. The Morgan fingerprint density at radius 1 is 0.346 bits per heavy atom. The standard InChI is InChI=1S/C50H54N2/c1-34-12-24-46(38(5)30-34)51(47-25-13-35(2)31-39(47)6)44-20-16-42(17-21-44)50(28-10-9-11-29-50)43-18-22-45(23-19-43)52(48-26-14-36(3)32-40(48)7)49-27-15-37(4)33-41(49)8/h12-27,30-33H,9-11,28-29H2,1-8H3. The Morgan fingerprint density at radius 3 is 0.904 bits per heavy atom. The molecule has 0 heterocycles. The summed E-state index contributed by atoms with van der Waals surface area (Å²) in [6, 6.07) is 46.4. The van der Waals surface area contributed by atoms with Crippen molar-refractivity contribution in [3.05, 3.63) is 177 Å². The van der Waals surface area contributed by atoms with Gasteiger partial charge in [-0.2, -0.15) is 0 Å². The summed E-state index contributed by atoms with van der Waals surface area (Å²) in [6.07, 6.45) is 6.14. The van der Waals surface area contributed by atoms with E-state index in [9.17, 15) is 0 Å². The minimum Gasteiger partial charge on any atom is -0.310 e. The van der Waals surface area contributed by atoms with E-state index in [-0.39, 0.29) is 5.41 Å². The first-order valence-corrected chi connectivity index (χ1v) is 19.1. The molecule has 0 N–H and O–H groups in total. The summed E-state index contributed by atoms with van der Waals surface area (Å²) in [4.78, 5) is 4.90. The highest BCUT2D eigenvalue weighted by molar-refractivity contribution is 5.82. The molecule has 6 aromatic carbocycles. The maximum Gasteiger partial charge on any atom is 0.0491 e. The van der Waals surface area contributed by atoms with Crippen molar-refractivity contribution in [2.75, 3.05) is 9.80 Å². The number of hydrogen-bond acceptors (Lipinski definition) is 2. The lowest BCUT2D eigenvalue weighted by atomic mass is 9.65. The molecule has 264 valence electrons. The van der Waals surface area contributed by atoms with Crippen LogP contribution in [0.5, 0.6) is 0 Å². The van der Waals surface area contributed by atoms with Crippen LogP contribution in [-0.2, 0) is 5.41 Å². The van der Waals surface area contributed by atoms with Crippen LogP contribution in [0, 0.1) is 55.4 Å². The van der Waals surface area contributed by atoms with Gasteiger partial charge >= 0.3 is 0 Å². The summed E-state index contributed by atoms with van der Waals surface area (Å²) in [7, 11) is 0. The topological polar surface area (TPSA) is 6.48 Å². The number of benzene rings is 6. The van der Waals surface area contributed by atoms with Gasteiger partial charge in [0.25, 0.3) is 0 Å². The fraction of sp³-hybridized carbons (Fsp3) is 0.280. The largest absolute Gasteiger partial charge is 0.310 e. The maximum absolute atomic E-state index is 2.45. The zero-order chi connectivity index (χ0) is 36.6. The Morgan fingerprint density at radius 2 is 0.635 bits per heavy atom. The molecule has 0 unspecified atom stereocenters. The van der Waals surface area contributed by atoms with Crippen LogP contribution < -0.4 is 9.80 Å². The molecule has 1 aliphatic carbocycles. The molecule has 1 aliphatic rings. The Labute approximate surface area is 312 Å². The minimum absolute atomic E-state index is 0.00985. The van der Waals surface area contributed by atoms with Gasteiger partial charge < -0.3 is 9.80 Å². The van der Waals surface area contributed by atoms with Crippen LogP contribution in [-0.4, -0.2) is 0 Å². The molecule has 52 heavy (non-hydrogen) atoms. The summed E-state index contributed by atoms with van der Waals surface area (Å²) < 4.78 is 0. The first-order chi connectivity index (χ1) is 25.0. The summed E-state index contributed by atoms with van der Waals surface area (Å²) >= 11 is 0. The third-order valence-electron chi connectivity index (χ3n) is 11.4. The van der Waals surface area contributed by atoms with Crippen LogP contribution in [0.4, 0.5) is 34.1 Å². The molecule has 0 bridgehead atoms. The molecule has 1 fully saturated rings. The van der Waals surface area contributed by atoms with Crippen LogP contribution in [0.3, 0.4) is 0 Å². The van der Waals surface area contributed by atoms with Gasteiger partial charge in [0.1, 0.15) is 0 Å². The molecular weight excluding hydrogens is 629 g/mol. The highest BCUT2D eigenvalue weighted by Gasteiger charge is 2.36. The highest BCUT2D eigenvalue weighted by Crippen LogP contribution is 2.48. The second-order valence-corrected chi connectivity index (χ2v) is 15.6. The van der Waals surface area contributed by atoms with Gasteiger partial charge in [-0.25, -0.2) is 0 Å². The number of rotatable bonds is 8. The molecule has 0 spiro atoms. The van der Waals surface area contributed by atoms with Crippen molar-refractivity contribution >= 4 is 34.1 Å².